The van der Waals surface area contributed by atoms with E-state index in [4.69, 9.17) is 9.47 Å². The van der Waals surface area contributed by atoms with Crippen molar-refractivity contribution in [3.05, 3.63) is 24.3 Å². The fraction of sp³-hybridized carbons (Fsp3) is 0.412. The van der Waals surface area contributed by atoms with Gasteiger partial charge in [-0.3, -0.25) is 14.9 Å². The first-order chi connectivity index (χ1) is 12.6. The Hall–Kier alpha value is -2.52. The molecule has 0 unspecified atom stereocenters. The van der Waals surface area contributed by atoms with Crippen LogP contribution in [0.1, 0.15) is 12.8 Å². The fourth-order valence-electron chi connectivity index (χ4n) is 2.86. The number of ether oxygens (including phenoxy) is 2. The molecule has 0 bridgehead atoms. The van der Waals surface area contributed by atoms with Crippen LogP contribution in [0.5, 0.6) is 5.75 Å². The molecule has 1 aromatic heterocycles. The molecule has 8 nitrogen and oxygen atoms in total. The summed E-state index contributed by atoms with van der Waals surface area (Å²) in [5.74, 6) is 0.333. The van der Waals surface area contributed by atoms with E-state index in [1.807, 2.05) is 24.3 Å². The highest BCUT2D eigenvalue weighted by Gasteiger charge is 2.34. The Bertz CT molecular complexity index is 777. The molecule has 138 valence electrons. The molecule has 9 heteroatoms. The second-order valence-corrected chi connectivity index (χ2v) is 6.79. The molecule has 0 spiro atoms. The third-order valence-corrected chi connectivity index (χ3v) is 5.02. The first-order valence-electron chi connectivity index (χ1n) is 8.19. The molecule has 1 saturated heterocycles. The summed E-state index contributed by atoms with van der Waals surface area (Å²) in [5, 5.41) is 12.0. The minimum absolute atomic E-state index is 0.0236. The van der Waals surface area contributed by atoms with E-state index in [0.717, 1.165) is 17.7 Å². The number of carbonyl (C=O) groups excluding carboxylic acids is 2. The van der Waals surface area contributed by atoms with Crippen molar-refractivity contribution in [2.45, 2.75) is 18.9 Å². The molecule has 1 atom stereocenters. The summed E-state index contributed by atoms with van der Waals surface area (Å²) in [6, 6.07) is 6.95. The first-order valence-corrected chi connectivity index (χ1v) is 9.01. The summed E-state index contributed by atoms with van der Waals surface area (Å²) in [4.78, 5) is 26.1. The van der Waals surface area contributed by atoms with E-state index >= 15 is 0 Å². The Morgan fingerprint density at radius 1 is 1.27 bits per heavy atom. The van der Waals surface area contributed by atoms with Crippen molar-refractivity contribution in [1.29, 1.82) is 0 Å². The zero-order chi connectivity index (χ0) is 18.5. The van der Waals surface area contributed by atoms with Gasteiger partial charge in [0.2, 0.25) is 16.9 Å². The lowest BCUT2D eigenvalue weighted by Gasteiger charge is -2.23. The summed E-state index contributed by atoms with van der Waals surface area (Å²) < 4.78 is 10.0. The number of nitrogens with one attached hydrogen (secondary N) is 1. The van der Waals surface area contributed by atoms with Crippen molar-refractivity contribution < 1.29 is 19.1 Å². The van der Waals surface area contributed by atoms with Crippen molar-refractivity contribution >= 4 is 28.3 Å². The SMILES string of the molecule is COCC(=O)N1CCC[C@@H]1C(=O)Nc1nnc(-c2ccc(OC)cc2)s1. The maximum absolute atomic E-state index is 12.5. The number of anilines is 1. The molecule has 1 N–H and O–H groups in total. The molecule has 2 heterocycles. The van der Waals surface area contributed by atoms with Gasteiger partial charge in [-0.1, -0.05) is 11.3 Å². The van der Waals surface area contributed by atoms with Gasteiger partial charge in [0, 0.05) is 19.2 Å². The van der Waals surface area contributed by atoms with Gasteiger partial charge in [-0.25, -0.2) is 0 Å². The monoisotopic (exact) mass is 376 g/mol. The van der Waals surface area contributed by atoms with Gasteiger partial charge in [-0.05, 0) is 37.1 Å². The number of rotatable bonds is 6. The van der Waals surface area contributed by atoms with Crippen molar-refractivity contribution in [3.8, 4) is 16.3 Å². The summed E-state index contributed by atoms with van der Waals surface area (Å²) in [5.41, 5.74) is 0.890. The Morgan fingerprint density at radius 3 is 2.73 bits per heavy atom. The summed E-state index contributed by atoms with van der Waals surface area (Å²) >= 11 is 1.28. The topological polar surface area (TPSA) is 93.7 Å². The van der Waals surface area contributed by atoms with Gasteiger partial charge in [0.05, 0.1) is 7.11 Å². The maximum Gasteiger partial charge on any atom is 0.249 e. The smallest absolute Gasteiger partial charge is 0.249 e. The molecule has 1 aliphatic heterocycles. The molecule has 2 aromatic rings. The van der Waals surface area contributed by atoms with Crippen molar-refractivity contribution in [2.24, 2.45) is 0 Å². The van der Waals surface area contributed by atoms with Crippen LogP contribution in [0.15, 0.2) is 24.3 Å². The average molecular weight is 376 g/mol. The average Bonchev–Trinajstić information content (AvgIpc) is 3.31. The lowest BCUT2D eigenvalue weighted by Crippen LogP contribution is -2.44. The van der Waals surface area contributed by atoms with Crippen LogP contribution in [0.3, 0.4) is 0 Å². The fourth-order valence-corrected chi connectivity index (χ4v) is 3.61. The Labute approximate surface area is 155 Å². The van der Waals surface area contributed by atoms with Crippen LogP contribution in [0.2, 0.25) is 0 Å². The predicted molar refractivity (Wildman–Crippen MR) is 97.1 cm³/mol. The van der Waals surface area contributed by atoms with E-state index in [1.54, 1.807) is 12.0 Å². The van der Waals surface area contributed by atoms with Crippen molar-refractivity contribution in [2.75, 3.05) is 32.7 Å². The van der Waals surface area contributed by atoms with Crippen LogP contribution in [0.25, 0.3) is 10.6 Å². The van der Waals surface area contributed by atoms with Gasteiger partial charge in [0.25, 0.3) is 0 Å². The van der Waals surface area contributed by atoms with Crippen LogP contribution in [0, 0.1) is 0 Å². The standard InChI is InChI=1S/C17H20N4O4S/c1-24-10-14(22)21-9-3-4-13(21)15(23)18-17-20-19-16(26-17)11-5-7-12(25-2)8-6-11/h5-8,13H,3-4,9-10H2,1-2H3,(H,18,20,23)/t13-/m1/s1. The summed E-state index contributed by atoms with van der Waals surface area (Å²) in [7, 11) is 3.07. The van der Waals surface area contributed by atoms with Gasteiger partial charge in [-0.15, -0.1) is 10.2 Å². The Balaban J connectivity index is 1.66. The van der Waals surface area contributed by atoms with Crippen LogP contribution in [-0.2, 0) is 14.3 Å². The number of methoxy groups -OCH3 is 2. The number of likely N-dealkylation sites (tertiary alicyclic amines) is 1. The van der Waals surface area contributed by atoms with Gasteiger partial charge in [0.1, 0.15) is 23.4 Å². The lowest BCUT2D eigenvalue weighted by atomic mass is 10.2. The highest BCUT2D eigenvalue weighted by Crippen LogP contribution is 2.28. The molecule has 0 aliphatic carbocycles. The number of aromatic nitrogens is 2. The number of amides is 2. The van der Waals surface area contributed by atoms with Gasteiger partial charge >= 0.3 is 0 Å². The highest BCUT2D eigenvalue weighted by atomic mass is 32.1. The molecule has 1 aromatic carbocycles. The van der Waals surface area contributed by atoms with Gasteiger partial charge in [0.15, 0.2) is 0 Å². The molecule has 0 saturated carbocycles. The largest absolute Gasteiger partial charge is 0.497 e. The molecule has 2 amide bonds. The van der Waals surface area contributed by atoms with Gasteiger partial charge in [-0.2, -0.15) is 0 Å². The van der Waals surface area contributed by atoms with E-state index in [0.29, 0.717) is 23.1 Å². The van der Waals surface area contributed by atoms with E-state index < -0.39 is 6.04 Å². The summed E-state index contributed by atoms with van der Waals surface area (Å²) in [6.45, 7) is 0.539. The van der Waals surface area contributed by atoms with Crippen molar-refractivity contribution in [3.63, 3.8) is 0 Å². The molecule has 26 heavy (non-hydrogen) atoms. The molecule has 1 fully saturated rings. The van der Waals surface area contributed by atoms with Crippen molar-refractivity contribution in [1.82, 2.24) is 15.1 Å². The van der Waals surface area contributed by atoms with Gasteiger partial charge < -0.3 is 14.4 Å². The summed E-state index contributed by atoms with van der Waals surface area (Å²) in [6.07, 6.45) is 1.42. The number of hydrogen-bond donors (Lipinski definition) is 1. The zero-order valence-corrected chi connectivity index (χ0v) is 15.4. The van der Waals surface area contributed by atoms with Crippen LogP contribution in [-0.4, -0.2) is 60.3 Å². The number of hydrogen-bond acceptors (Lipinski definition) is 7. The zero-order valence-electron chi connectivity index (χ0n) is 14.6. The quantitative estimate of drug-likeness (QED) is 0.826. The normalized spacial score (nSPS) is 16.5. The molecule has 0 radical (unpaired) electrons. The lowest BCUT2D eigenvalue weighted by molar-refractivity contribution is -0.139. The molecule has 1 aliphatic rings. The van der Waals surface area contributed by atoms with Crippen LogP contribution < -0.4 is 10.1 Å². The van der Waals surface area contributed by atoms with Crippen LogP contribution >= 0.6 is 11.3 Å². The second-order valence-electron chi connectivity index (χ2n) is 5.81. The van der Waals surface area contributed by atoms with E-state index in [-0.39, 0.29) is 18.4 Å². The minimum Gasteiger partial charge on any atom is -0.497 e. The number of benzene rings is 1. The maximum atomic E-state index is 12.5. The first kappa shape index (κ1) is 18.3. The molecule has 3 rings (SSSR count). The van der Waals surface area contributed by atoms with E-state index in [2.05, 4.69) is 15.5 Å². The number of nitrogens with zero attached hydrogens (tertiary/aromatic N) is 3. The van der Waals surface area contributed by atoms with Crippen LogP contribution in [0.4, 0.5) is 5.13 Å². The van der Waals surface area contributed by atoms with E-state index in [9.17, 15) is 9.59 Å². The third-order valence-electron chi connectivity index (χ3n) is 4.14. The Morgan fingerprint density at radius 2 is 2.04 bits per heavy atom. The highest BCUT2D eigenvalue weighted by molar-refractivity contribution is 7.18. The molecular weight excluding hydrogens is 356 g/mol. The van der Waals surface area contributed by atoms with E-state index in [1.165, 1.54) is 18.4 Å². The predicted octanol–water partition coefficient (Wildman–Crippen LogP) is 1.79. The third kappa shape index (κ3) is 4.00. The number of carbonyl (C=O) groups is 2. The minimum atomic E-state index is -0.494. The molecular formula is C17H20N4O4S. The Kier molecular flexibility index (Phi) is 5.79. The second kappa shape index (κ2) is 8.24.